The Balaban J connectivity index is 1.55. The van der Waals surface area contributed by atoms with Crippen LogP contribution in [0.25, 0.3) is 0 Å². The summed E-state index contributed by atoms with van der Waals surface area (Å²) in [6.45, 7) is 5.04. The highest BCUT2D eigenvalue weighted by Gasteiger charge is 2.34. The van der Waals surface area contributed by atoms with Crippen molar-refractivity contribution < 1.29 is 17.9 Å². The first kappa shape index (κ1) is 24.1. The quantitative estimate of drug-likeness (QED) is 0.636. The zero-order valence-corrected chi connectivity index (χ0v) is 21.0. The number of nitrogens with zero attached hydrogens (tertiary/aromatic N) is 3. The smallest absolute Gasteiger partial charge is 0.257 e. The molecule has 1 aliphatic carbocycles. The van der Waals surface area contributed by atoms with Gasteiger partial charge in [0.25, 0.3) is 5.91 Å². The number of ether oxygens (including phenoxy) is 1. The molecule has 4 rings (SSSR count). The zero-order valence-electron chi connectivity index (χ0n) is 19.4. The van der Waals surface area contributed by atoms with Gasteiger partial charge in [-0.3, -0.25) is 10.1 Å². The van der Waals surface area contributed by atoms with Crippen molar-refractivity contribution in [3.8, 4) is 5.75 Å². The fourth-order valence-electron chi connectivity index (χ4n) is 4.93. The molecule has 0 bridgehead atoms. The summed E-state index contributed by atoms with van der Waals surface area (Å²) in [6.07, 6.45) is 6.87. The molecule has 1 aromatic heterocycles. The van der Waals surface area contributed by atoms with Crippen LogP contribution in [-0.4, -0.2) is 49.0 Å². The lowest BCUT2D eigenvalue weighted by molar-refractivity contribution is 0.102. The van der Waals surface area contributed by atoms with Gasteiger partial charge in [-0.15, -0.1) is 10.2 Å². The third-order valence-electron chi connectivity index (χ3n) is 6.49. The lowest BCUT2D eigenvalue weighted by Crippen LogP contribution is -2.42. The van der Waals surface area contributed by atoms with E-state index in [-0.39, 0.29) is 28.0 Å². The van der Waals surface area contributed by atoms with Gasteiger partial charge in [0.05, 0.1) is 7.11 Å². The molecule has 1 saturated carbocycles. The van der Waals surface area contributed by atoms with E-state index in [2.05, 4.69) is 29.4 Å². The predicted octanol–water partition coefficient (Wildman–Crippen LogP) is 4.51. The molecule has 180 valence electrons. The van der Waals surface area contributed by atoms with E-state index in [1.54, 1.807) is 6.07 Å². The number of carbonyl (C=O) groups excluding carboxylic acids is 1. The highest BCUT2D eigenvalue weighted by Crippen LogP contribution is 2.36. The first-order valence-electron chi connectivity index (χ1n) is 11.6. The summed E-state index contributed by atoms with van der Waals surface area (Å²) >= 11 is 1.40. The lowest BCUT2D eigenvalue weighted by atomic mass is 9.90. The number of piperidine rings is 1. The van der Waals surface area contributed by atoms with Gasteiger partial charge in [0.2, 0.25) is 15.2 Å². The van der Waals surface area contributed by atoms with Gasteiger partial charge in [-0.2, -0.15) is 4.31 Å². The van der Waals surface area contributed by atoms with Gasteiger partial charge in [0, 0.05) is 24.6 Å². The minimum Gasteiger partial charge on any atom is -0.495 e. The van der Waals surface area contributed by atoms with Crippen molar-refractivity contribution in [2.45, 2.75) is 63.2 Å². The number of nitrogens with one attached hydrogen (secondary N) is 1. The van der Waals surface area contributed by atoms with Crippen molar-refractivity contribution in [2.24, 2.45) is 11.8 Å². The monoisotopic (exact) mass is 492 g/mol. The fourth-order valence-corrected chi connectivity index (χ4v) is 7.70. The van der Waals surface area contributed by atoms with Crippen LogP contribution in [0, 0.1) is 11.8 Å². The third kappa shape index (κ3) is 5.38. The molecule has 1 aromatic carbocycles. The molecule has 1 aliphatic heterocycles. The van der Waals surface area contributed by atoms with Crippen molar-refractivity contribution in [1.82, 2.24) is 14.5 Å². The highest BCUT2D eigenvalue weighted by atomic mass is 32.2. The second-order valence-corrected chi connectivity index (χ2v) is 12.3. The maximum absolute atomic E-state index is 13.5. The minimum atomic E-state index is -3.81. The van der Waals surface area contributed by atoms with Gasteiger partial charge in [-0.25, -0.2) is 8.42 Å². The van der Waals surface area contributed by atoms with Crippen molar-refractivity contribution in [3.05, 3.63) is 28.8 Å². The molecule has 33 heavy (non-hydrogen) atoms. The van der Waals surface area contributed by atoms with Crippen molar-refractivity contribution in [1.29, 1.82) is 0 Å². The number of benzene rings is 1. The Bertz CT molecular complexity index is 1090. The Labute approximate surface area is 199 Å². The van der Waals surface area contributed by atoms with Crippen LogP contribution in [0.2, 0.25) is 0 Å². The van der Waals surface area contributed by atoms with Crippen LogP contribution in [0.5, 0.6) is 5.75 Å². The maximum atomic E-state index is 13.5. The van der Waals surface area contributed by atoms with Crippen LogP contribution in [0.3, 0.4) is 0 Å². The molecule has 10 heteroatoms. The standard InChI is InChI=1S/C23H32N4O4S2/c1-15-11-16(2)14-27(13-15)33(29,30)20-12-18(9-10-19(20)31-3)21(28)24-23-26-25-22(32-23)17-7-5-4-6-8-17/h9-10,12,15-17H,4-8,11,13-14H2,1-3H3,(H,24,26,28). The molecule has 0 radical (unpaired) electrons. The zero-order chi connectivity index (χ0) is 23.6. The molecule has 2 atom stereocenters. The molecule has 0 spiro atoms. The van der Waals surface area contributed by atoms with Gasteiger partial charge in [-0.05, 0) is 49.3 Å². The molecule has 1 amide bonds. The second kappa shape index (κ2) is 10.1. The largest absolute Gasteiger partial charge is 0.495 e. The molecule has 1 saturated heterocycles. The molecular formula is C23H32N4O4S2. The predicted molar refractivity (Wildman–Crippen MR) is 128 cm³/mol. The molecular weight excluding hydrogens is 460 g/mol. The minimum absolute atomic E-state index is 0.0131. The van der Waals surface area contributed by atoms with Crippen molar-refractivity contribution in [3.63, 3.8) is 0 Å². The average Bonchev–Trinajstić information content (AvgIpc) is 3.27. The Kier molecular flexibility index (Phi) is 7.35. The van der Waals surface area contributed by atoms with Crippen LogP contribution in [0.4, 0.5) is 5.13 Å². The van der Waals surface area contributed by atoms with E-state index in [1.807, 2.05) is 0 Å². The maximum Gasteiger partial charge on any atom is 0.257 e. The van der Waals surface area contributed by atoms with E-state index in [4.69, 9.17) is 4.74 Å². The third-order valence-corrected chi connectivity index (χ3v) is 9.35. The van der Waals surface area contributed by atoms with Gasteiger partial charge in [0.15, 0.2) is 0 Å². The fraction of sp³-hybridized carbons (Fsp3) is 0.609. The first-order valence-corrected chi connectivity index (χ1v) is 13.9. The number of rotatable bonds is 6. The number of aromatic nitrogens is 2. The first-order chi connectivity index (χ1) is 15.8. The molecule has 1 N–H and O–H groups in total. The molecule has 2 aliphatic rings. The average molecular weight is 493 g/mol. The number of anilines is 1. The van der Waals surface area contributed by atoms with Crippen LogP contribution >= 0.6 is 11.3 Å². The van der Waals surface area contributed by atoms with Gasteiger partial charge < -0.3 is 4.74 Å². The van der Waals surface area contributed by atoms with E-state index >= 15 is 0 Å². The summed E-state index contributed by atoms with van der Waals surface area (Å²) in [5.41, 5.74) is 0.238. The van der Waals surface area contributed by atoms with Gasteiger partial charge >= 0.3 is 0 Å². The lowest BCUT2D eigenvalue weighted by Gasteiger charge is -2.34. The summed E-state index contributed by atoms with van der Waals surface area (Å²) < 4.78 is 33.8. The van der Waals surface area contributed by atoms with Crippen LogP contribution in [-0.2, 0) is 10.0 Å². The summed E-state index contributed by atoms with van der Waals surface area (Å²) in [6, 6.07) is 4.50. The van der Waals surface area contributed by atoms with Gasteiger partial charge in [-0.1, -0.05) is 44.4 Å². The van der Waals surface area contributed by atoms with Crippen LogP contribution < -0.4 is 10.1 Å². The second-order valence-electron chi connectivity index (χ2n) is 9.37. The van der Waals surface area contributed by atoms with Gasteiger partial charge in [0.1, 0.15) is 15.7 Å². The van der Waals surface area contributed by atoms with E-state index in [9.17, 15) is 13.2 Å². The van der Waals surface area contributed by atoms with Crippen molar-refractivity contribution >= 4 is 32.4 Å². The number of methoxy groups -OCH3 is 1. The number of carbonyl (C=O) groups is 1. The number of sulfonamides is 1. The molecule has 8 nitrogen and oxygen atoms in total. The molecule has 2 aromatic rings. The Morgan fingerprint density at radius 2 is 1.82 bits per heavy atom. The van der Waals surface area contributed by atoms with Crippen molar-refractivity contribution in [2.75, 3.05) is 25.5 Å². The summed E-state index contributed by atoms with van der Waals surface area (Å²) in [5.74, 6) is 0.774. The summed E-state index contributed by atoms with van der Waals surface area (Å²) in [5, 5.41) is 12.6. The number of amides is 1. The Morgan fingerprint density at radius 3 is 2.48 bits per heavy atom. The number of hydrogen-bond acceptors (Lipinski definition) is 7. The normalized spacial score (nSPS) is 22.8. The molecule has 2 heterocycles. The van der Waals surface area contributed by atoms with Crippen LogP contribution in [0.1, 0.15) is 73.7 Å². The number of hydrogen-bond donors (Lipinski definition) is 1. The topological polar surface area (TPSA) is 101 Å². The van der Waals surface area contributed by atoms with E-state index in [0.29, 0.717) is 24.1 Å². The van der Waals surface area contributed by atoms with E-state index in [0.717, 1.165) is 24.3 Å². The molecule has 2 fully saturated rings. The SMILES string of the molecule is COc1ccc(C(=O)Nc2nnc(C3CCCCC3)s2)cc1S(=O)(=O)N1CC(C)CC(C)C1. The molecule has 2 unspecified atom stereocenters. The Morgan fingerprint density at radius 1 is 1.12 bits per heavy atom. The summed E-state index contributed by atoms with van der Waals surface area (Å²) in [4.78, 5) is 13.0. The highest BCUT2D eigenvalue weighted by molar-refractivity contribution is 7.89. The Hall–Kier alpha value is -2.04. The van der Waals surface area contributed by atoms with Crippen LogP contribution in [0.15, 0.2) is 23.1 Å². The van der Waals surface area contributed by atoms with E-state index < -0.39 is 15.9 Å². The van der Waals surface area contributed by atoms with E-state index in [1.165, 1.54) is 54.1 Å². The summed E-state index contributed by atoms with van der Waals surface area (Å²) in [7, 11) is -2.37.